The van der Waals surface area contributed by atoms with Gasteiger partial charge in [0.15, 0.2) is 0 Å². The van der Waals surface area contributed by atoms with Gasteiger partial charge in [-0.2, -0.15) is 0 Å². The van der Waals surface area contributed by atoms with Crippen molar-refractivity contribution in [2.45, 2.75) is 13.0 Å². The molecule has 0 saturated carbocycles. The molecule has 1 aromatic heterocycles. The molecule has 0 aromatic carbocycles. The van der Waals surface area contributed by atoms with Crippen molar-refractivity contribution < 1.29 is 19.1 Å². The summed E-state index contributed by atoms with van der Waals surface area (Å²) in [6.07, 6.45) is 0.924. The second-order valence-electron chi connectivity index (χ2n) is 4.57. The molecule has 0 radical (unpaired) electrons. The van der Waals surface area contributed by atoms with Gasteiger partial charge in [0.1, 0.15) is 5.76 Å². The molecule has 7 heteroatoms. The van der Waals surface area contributed by atoms with Crippen molar-refractivity contribution in [2.24, 2.45) is 11.7 Å². The van der Waals surface area contributed by atoms with E-state index in [0.29, 0.717) is 31.3 Å². The zero-order valence-electron chi connectivity index (χ0n) is 10.5. The third-order valence-electron chi connectivity index (χ3n) is 3.19. The fourth-order valence-corrected chi connectivity index (χ4v) is 2.07. The highest BCUT2D eigenvalue weighted by atomic mass is 16.4. The van der Waals surface area contributed by atoms with Gasteiger partial charge in [0, 0.05) is 13.1 Å². The Morgan fingerprint density at radius 2 is 2.32 bits per heavy atom. The highest BCUT2D eigenvalue weighted by molar-refractivity contribution is 5.84. The number of aromatic carboxylic acids is 1. The average Bonchev–Trinajstić information content (AvgIpc) is 3.04. The normalized spacial score (nSPS) is 18.6. The van der Waals surface area contributed by atoms with Crippen molar-refractivity contribution in [3.8, 4) is 0 Å². The monoisotopic (exact) mass is 267 g/mol. The summed E-state index contributed by atoms with van der Waals surface area (Å²) >= 11 is 0. The highest BCUT2D eigenvalue weighted by Gasteiger charge is 2.25. The number of likely N-dealkylation sites (tertiary alicyclic amines) is 1. The van der Waals surface area contributed by atoms with Crippen LogP contribution in [0.1, 0.15) is 22.7 Å². The van der Waals surface area contributed by atoms with Gasteiger partial charge < -0.3 is 25.5 Å². The molecule has 1 aliphatic rings. The van der Waals surface area contributed by atoms with E-state index in [2.05, 4.69) is 5.32 Å². The molecule has 2 heterocycles. The van der Waals surface area contributed by atoms with E-state index in [1.54, 1.807) is 4.90 Å². The van der Waals surface area contributed by atoms with E-state index >= 15 is 0 Å². The highest BCUT2D eigenvalue weighted by Crippen LogP contribution is 2.15. The number of carboxylic acid groups (broad SMARTS) is 1. The van der Waals surface area contributed by atoms with Crippen LogP contribution in [-0.2, 0) is 6.54 Å². The van der Waals surface area contributed by atoms with E-state index < -0.39 is 5.97 Å². The van der Waals surface area contributed by atoms with Gasteiger partial charge in [-0.1, -0.05) is 0 Å². The van der Waals surface area contributed by atoms with E-state index in [-0.39, 0.29) is 18.3 Å². The van der Waals surface area contributed by atoms with Gasteiger partial charge in [-0.25, -0.2) is 9.59 Å². The van der Waals surface area contributed by atoms with Crippen molar-refractivity contribution in [1.82, 2.24) is 10.2 Å². The van der Waals surface area contributed by atoms with Gasteiger partial charge in [0.2, 0.25) is 5.76 Å². The minimum absolute atomic E-state index is 0.131. The molecule has 2 amide bonds. The molecule has 2 rings (SSSR count). The van der Waals surface area contributed by atoms with Gasteiger partial charge >= 0.3 is 12.0 Å². The Morgan fingerprint density at radius 1 is 1.53 bits per heavy atom. The minimum atomic E-state index is -1.12. The third kappa shape index (κ3) is 3.25. The maximum absolute atomic E-state index is 11.8. The summed E-state index contributed by atoms with van der Waals surface area (Å²) in [6, 6.07) is 2.73. The quantitative estimate of drug-likeness (QED) is 0.734. The number of amides is 2. The van der Waals surface area contributed by atoms with Crippen molar-refractivity contribution in [3.63, 3.8) is 0 Å². The van der Waals surface area contributed by atoms with Crippen molar-refractivity contribution in [2.75, 3.05) is 19.6 Å². The molecule has 1 fully saturated rings. The Morgan fingerprint density at radius 3 is 2.89 bits per heavy atom. The first-order valence-corrected chi connectivity index (χ1v) is 6.15. The third-order valence-corrected chi connectivity index (χ3v) is 3.19. The summed E-state index contributed by atoms with van der Waals surface area (Å²) in [6.45, 7) is 2.13. The van der Waals surface area contributed by atoms with Crippen molar-refractivity contribution >= 4 is 12.0 Å². The Bertz CT molecular complexity index is 471. The Labute approximate surface area is 110 Å². The standard InChI is InChI=1S/C12H17N3O4/c13-5-8-3-4-15(7-8)12(18)14-6-9-1-2-10(19-9)11(16)17/h1-2,8H,3-7,13H2,(H,14,18)(H,16,17). The van der Waals surface area contributed by atoms with Crippen LogP contribution in [0.2, 0.25) is 0 Å². The molecular weight excluding hydrogens is 250 g/mol. The number of nitrogens with two attached hydrogens (primary N) is 1. The lowest BCUT2D eigenvalue weighted by atomic mass is 10.1. The van der Waals surface area contributed by atoms with E-state index in [9.17, 15) is 9.59 Å². The molecular formula is C12H17N3O4. The van der Waals surface area contributed by atoms with E-state index in [0.717, 1.165) is 6.42 Å². The van der Waals surface area contributed by atoms with Crippen LogP contribution in [0.25, 0.3) is 0 Å². The summed E-state index contributed by atoms with van der Waals surface area (Å²) < 4.78 is 5.05. The van der Waals surface area contributed by atoms with Crippen LogP contribution in [-0.4, -0.2) is 41.6 Å². The number of nitrogens with zero attached hydrogens (tertiary/aromatic N) is 1. The zero-order valence-corrected chi connectivity index (χ0v) is 10.5. The largest absolute Gasteiger partial charge is 0.475 e. The van der Waals surface area contributed by atoms with Gasteiger partial charge in [-0.15, -0.1) is 0 Å². The lowest BCUT2D eigenvalue weighted by Gasteiger charge is -2.16. The van der Waals surface area contributed by atoms with Gasteiger partial charge in [-0.3, -0.25) is 0 Å². The number of hydrogen-bond donors (Lipinski definition) is 3. The molecule has 0 bridgehead atoms. The lowest BCUT2D eigenvalue weighted by Crippen LogP contribution is -2.38. The van der Waals surface area contributed by atoms with Crippen LogP contribution in [0.4, 0.5) is 4.79 Å². The summed E-state index contributed by atoms with van der Waals surface area (Å²) in [4.78, 5) is 24.2. The summed E-state index contributed by atoms with van der Waals surface area (Å²) in [5.41, 5.74) is 5.56. The van der Waals surface area contributed by atoms with E-state index in [4.69, 9.17) is 15.3 Å². The zero-order chi connectivity index (χ0) is 13.8. The SMILES string of the molecule is NCC1CCN(C(=O)NCc2ccc(C(=O)O)o2)C1. The van der Waals surface area contributed by atoms with Crippen LogP contribution in [0.3, 0.4) is 0 Å². The maximum atomic E-state index is 11.8. The molecule has 1 unspecified atom stereocenters. The smallest absolute Gasteiger partial charge is 0.371 e. The molecule has 7 nitrogen and oxygen atoms in total. The molecule has 19 heavy (non-hydrogen) atoms. The number of rotatable bonds is 4. The number of carbonyl (C=O) groups is 2. The predicted molar refractivity (Wildman–Crippen MR) is 66.6 cm³/mol. The molecule has 0 spiro atoms. The molecule has 1 saturated heterocycles. The fourth-order valence-electron chi connectivity index (χ4n) is 2.07. The molecule has 4 N–H and O–H groups in total. The van der Waals surface area contributed by atoms with Crippen molar-refractivity contribution in [1.29, 1.82) is 0 Å². The van der Waals surface area contributed by atoms with Crippen LogP contribution in [0.15, 0.2) is 16.5 Å². The summed E-state index contributed by atoms with van der Waals surface area (Å²) in [5.74, 6) is -0.468. The topological polar surface area (TPSA) is 109 Å². The molecule has 1 aromatic rings. The van der Waals surface area contributed by atoms with Crippen LogP contribution >= 0.6 is 0 Å². The molecule has 1 atom stereocenters. The lowest BCUT2D eigenvalue weighted by molar-refractivity contribution is 0.0660. The first-order chi connectivity index (χ1) is 9.10. The van der Waals surface area contributed by atoms with Gasteiger partial charge in [-0.05, 0) is 31.0 Å². The first-order valence-electron chi connectivity index (χ1n) is 6.15. The fraction of sp³-hybridized carbons (Fsp3) is 0.500. The minimum Gasteiger partial charge on any atom is -0.475 e. The Balaban J connectivity index is 1.81. The molecule has 1 aliphatic heterocycles. The van der Waals surface area contributed by atoms with Gasteiger partial charge in [0.25, 0.3) is 0 Å². The average molecular weight is 267 g/mol. The first kappa shape index (κ1) is 13.4. The number of hydrogen-bond acceptors (Lipinski definition) is 4. The second-order valence-corrected chi connectivity index (χ2v) is 4.57. The number of urea groups is 1. The Kier molecular flexibility index (Phi) is 4.06. The second kappa shape index (κ2) is 5.75. The van der Waals surface area contributed by atoms with Crippen molar-refractivity contribution in [3.05, 3.63) is 23.7 Å². The van der Waals surface area contributed by atoms with E-state index in [1.807, 2.05) is 0 Å². The maximum Gasteiger partial charge on any atom is 0.371 e. The number of furan rings is 1. The van der Waals surface area contributed by atoms with Crippen LogP contribution in [0, 0.1) is 5.92 Å². The van der Waals surface area contributed by atoms with Crippen LogP contribution in [0.5, 0.6) is 0 Å². The predicted octanol–water partition coefficient (Wildman–Crippen LogP) is 0.468. The molecule has 104 valence electrons. The van der Waals surface area contributed by atoms with Gasteiger partial charge in [0.05, 0.1) is 6.54 Å². The number of nitrogens with one attached hydrogen (secondary N) is 1. The van der Waals surface area contributed by atoms with Crippen LogP contribution < -0.4 is 11.1 Å². The number of carbonyl (C=O) groups excluding carboxylic acids is 1. The molecule has 0 aliphatic carbocycles. The number of carboxylic acids is 1. The summed E-state index contributed by atoms with van der Waals surface area (Å²) in [5, 5.41) is 11.4. The Hall–Kier alpha value is -2.02. The summed E-state index contributed by atoms with van der Waals surface area (Å²) in [7, 11) is 0. The van der Waals surface area contributed by atoms with E-state index in [1.165, 1.54) is 12.1 Å².